The fourth-order valence-corrected chi connectivity index (χ4v) is 4.09. The SMILES string of the molecule is CCS(=O)(=O)N1CCN(C(C(=O)O)c2cc(Cl)ccc2OC)CC1. The molecule has 1 aromatic carbocycles. The second-order valence-corrected chi connectivity index (χ2v) is 8.16. The van der Waals surface area contributed by atoms with Crippen LogP contribution < -0.4 is 4.74 Å². The number of ether oxygens (including phenoxy) is 1. The zero-order chi connectivity index (χ0) is 17.9. The quantitative estimate of drug-likeness (QED) is 0.808. The Morgan fingerprint density at radius 3 is 2.46 bits per heavy atom. The first kappa shape index (κ1) is 19.0. The number of methoxy groups -OCH3 is 1. The molecule has 0 radical (unpaired) electrons. The van der Waals surface area contributed by atoms with Crippen molar-refractivity contribution < 1.29 is 23.1 Å². The lowest BCUT2D eigenvalue weighted by Gasteiger charge is -2.37. The van der Waals surface area contributed by atoms with E-state index in [-0.39, 0.29) is 18.8 Å². The van der Waals surface area contributed by atoms with E-state index in [9.17, 15) is 18.3 Å². The summed E-state index contributed by atoms with van der Waals surface area (Å²) in [4.78, 5) is 13.6. The van der Waals surface area contributed by atoms with Gasteiger partial charge in [0.05, 0.1) is 12.9 Å². The molecule has 1 aromatic rings. The zero-order valence-corrected chi connectivity index (χ0v) is 15.2. The van der Waals surface area contributed by atoms with Crippen molar-refractivity contribution in [2.75, 3.05) is 39.0 Å². The van der Waals surface area contributed by atoms with Crippen molar-refractivity contribution >= 4 is 27.6 Å². The maximum Gasteiger partial charge on any atom is 0.325 e. The molecule has 24 heavy (non-hydrogen) atoms. The summed E-state index contributed by atoms with van der Waals surface area (Å²) in [5.41, 5.74) is 0.462. The molecule has 0 amide bonds. The number of halogens is 1. The molecule has 134 valence electrons. The van der Waals surface area contributed by atoms with Crippen LogP contribution in [0.5, 0.6) is 5.75 Å². The van der Waals surface area contributed by atoms with E-state index in [2.05, 4.69) is 0 Å². The fourth-order valence-electron chi connectivity index (χ4n) is 2.83. The van der Waals surface area contributed by atoms with Gasteiger partial charge in [0, 0.05) is 36.8 Å². The minimum Gasteiger partial charge on any atom is -0.496 e. The van der Waals surface area contributed by atoms with Crippen LogP contribution in [-0.2, 0) is 14.8 Å². The number of hydrogen-bond donors (Lipinski definition) is 1. The normalized spacial score (nSPS) is 18.3. The number of benzene rings is 1. The van der Waals surface area contributed by atoms with Crippen LogP contribution in [0.25, 0.3) is 0 Å². The Bertz CT molecular complexity index is 702. The van der Waals surface area contributed by atoms with Crippen LogP contribution in [0.4, 0.5) is 0 Å². The van der Waals surface area contributed by atoms with Gasteiger partial charge >= 0.3 is 5.97 Å². The predicted octanol–water partition coefficient (Wildman–Crippen LogP) is 1.44. The van der Waals surface area contributed by atoms with Crippen LogP contribution in [-0.4, -0.2) is 67.7 Å². The highest BCUT2D eigenvalue weighted by molar-refractivity contribution is 7.89. The average molecular weight is 377 g/mol. The molecule has 0 saturated carbocycles. The number of piperazine rings is 1. The average Bonchev–Trinajstić information content (AvgIpc) is 2.55. The molecule has 0 aliphatic carbocycles. The summed E-state index contributed by atoms with van der Waals surface area (Å²) in [6.07, 6.45) is 0. The van der Waals surface area contributed by atoms with Crippen LogP contribution in [0.15, 0.2) is 18.2 Å². The molecule has 1 N–H and O–H groups in total. The summed E-state index contributed by atoms with van der Waals surface area (Å²) in [6.45, 7) is 2.78. The Morgan fingerprint density at radius 2 is 1.96 bits per heavy atom. The highest BCUT2D eigenvalue weighted by atomic mass is 35.5. The van der Waals surface area contributed by atoms with Gasteiger partial charge in [-0.3, -0.25) is 9.69 Å². The molecule has 1 unspecified atom stereocenters. The van der Waals surface area contributed by atoms with Crippen molar-refractivity contribution in [2.24, 2.45) is 0 Å². The van der Waals surface area contributed by atoms with Gasteiger partial charge in [-0.05, 0) is 25.1 Å². The number of rotatable bonds is 6. The number of carboxylic acid groups (broad SMARTS) is 1. The van der Waals surface area contributed by atoms with Crippen molar-refractivity contribution in [3.8, 4) is 5.75 Å². The lowest BCUT2D eigenvalue weighted by Crippen LogP contribution is -2.51. The zero-order valence-electron chi connectivity index (χ0n) is 13.6. The van der Waals surface area contributed by atoms with Gasteiger partial charge in [0.2, 0.25) is 10.0 Å². The van der Waals surface area contributed by atoms with Gasteiger partial charge in [-0.25, -0.2) is 8.42 Å². The van der Waals surface area contributed by atoms with Gasteiger partial charge in [-0.1, -0.05) is 11.6 Å². The molecule has 7 nitrogen and oxygen atoms in total. The first-order valence-electron chi connectivity index (χ1n) is 7.58. The first-order valence-corrected chi connectivity index (χ1v) is 9.57. The summed E-state index contributed by atoms with van der Waals surface area (Å²) in [5.74, 6) is -0.546. The number of carbonyl (C=O) groups is 1. The van der Waals surface area contributed by atoms with E-state index in [1.807, 2.05) is 0 Å². The Balaban J connectivity index is 2.25. The molecule has 1 fully saturated rings. The highest BCUT2D eigenvalue weighted by Crippen LogP contribution is 2.33. The van der Waals surface area contributed by atoms with Crippen molar-refractivity contribution in [3.05, 3.63) is 28.8 Å². The fraction of sp³-hybridized carbons (Fsp3) is 0.533. The molecule has 2 rings (SSSR count). The summed E-state index contributed by atoms with van der Waals surface area (Å²) in [7, 11) is -1.79. The molecule has 0 bridgehead atoms. The topological polar surface area (TPSA) is 87.2 Å². The molecule has 1 aliphatic heterocycles. The molecular formula is C15H21ClN2O5S. The Morgan fingerprint density at radius 1 is 1.33 bits per heavy atom. The second kappa shape index (κ2) is 7.69. The van der Waals surface area contributed by atoms with Crippen LogP contribution in [0, 0.1) is 0 Å². The van der Waals surface area contributed by atoms with E-state index in [4.69, 9.17) is 16.3 Å². The summed E-state index contributed by atoms with van der Waals surface area (Å²) in [6, 6.07) is 3.90. The van der Waals surface area contributed by atoms with Gasteiger partial charge in [-0.15, -0.1) is 0 Å². The summed E-state index contributed by atoms with van der Waals surface area (Å²) >= 11 is 6.01. The number of nitrogens with zero attached hydrogens (tertiary/aromatic N) is 2. The minimum absolute atomic E-state index is 0.0392. The van der Waals surface area contributed by atoms with E-state index < -0.39 is 22.0 Å². The molecular weight excluding hydrogens is 356 g/mol. The van der Waals surface area contributed by atoms with Crippen molar-refractivity contribution in [2.45, 2.75) is 13.0 Å². The molecule has 1 atom stereocenters. The largest absolute Gasteiger partial charge is 0.496 e. The van der Waals surface area contributed by atoms with E-state index in [0.717, 1.165) is 0 Å². The smallest absolute Gasteiger partial charge is 0.325 e. The molecule has 1 heterocycles. The van der Waals surface area contributed by atoms with E-state index in [1.165, 1.54) is 11.4 Å². The lowest BCUT2D eigenvalue weighted by atomic mass is 10.0. The minimum atomic E-state index is -3.26. The van der Waals surface area contributed by atoms with Crippen molar-refractivity contribution in [1.29, 1.82) is 0 Å². The van der Waals surface area contributed by atoms with Gasteiger partial charge in [-0.2, -0.15) is 4.31 Å². The van der Waals surface area contributed by atoms with Crippen LogP contribution in [0.2, 0.25) is 5.02 Å². The molecule has 1 aliphatic rings. The van der Waals surface area contributed by atoms with E-state index >= 15 is 0 Å². The third kappa shape index (κ3) is 4.00. The standard InChI is InChI=1S/C15H21ClN2O5S/c1-3-24(21,22)18-8-6-17(7-9-18)14(15(19)20)12-10-11(16)4-5-13(12)23-2/h4-5,10,14H,3,6-9H2,1-2H3,(H,19,20). The van der Waals surface area contributed by atoms with Gasteiger partial charge in [0.1, 0.15) is 11.8 Å². The second-order valence-electron chi connectivity index (χ2n) is 5.46. The number of hydrogen-bond acceptors (Lipinski definition) is 5. The van der Waals surface area contributed by atoms with Crippen molar-refractivity contribution in [1.82, 2.24) is 9.21 Å². The Hall–Kier alpha value is -1.35. The highest BCUT2D eigenvalue weighted by Gasteiger charge is 2.34. The van der Waals surface area contributed by atoms with E-state index in [0.29, 0.717) is 29.4 Å². The molecule has 0 aromatic heterocycles. The molecule has 0 spiro atoms. The van der Waals surface area contributed by atoms with Crippen molar-refractivity contribution in [3.63, 3.8) is 0 Å². The van der Waals surface area contributed by atoms with E-state index in [1.54, 1.807) is 30.0 Å². The molecule has 1 saturated heterocycles. The maximum absolute atomic E-state index is 11.9. The van der Waals surface area contributed by atoms with Crippen LogP contribution in [0.1, 0.15) is 18.5 Å². The Labute approximate surface area is 146 Å². The van der Waals surface area contributed by atoms with Gasteiger partial charge in [0.25, 0.3) is 0 Å². The lowest BCUT2D eigenvalue weighted by molar-refractivity contribution is -0.144. The number of aliphatic carboxylic acids is 1. The Kier molecular flexibility index (Phi) is 6.08. The van der Waals surface area contributed by atoms with Gasteiger partial charge in [0.15, 0.2) is 0 Å². The van der Waals surface area contributed by atoms with Gasteiger partial charge < -0.3 is 9.84 Å². The van der Waals surface area contributed by atoms with Crippen LogP contribution in [0.3, 0.4) is 0 Å². The third-order valence-electron chi connectivity index (χ3n) is 4.12. The summed E-state index contributed by atoms with van der Waals surface area (Å²) in [5, 5.41) is 10.1. The monoisotopic (exact) mass is 376 g/mol. The maximum atomic E-state index is 11.9. The summed E-state index contributed by atoms with van der Waals surface area (Å²) < 4.78 is 30.5. The first-order chi connectivity index (χ1) is 11.3. The van der Waals surface area contributed by atoms with Crippen LogP contribution >= 0.6 is 11.6 Å². The number of carboxylic acids is 1. The third-order valence-corrected chi connectivity index (χ3v) is 6.23. The molecule has 9 heteroatoms. The predicted molar refractivity (Wildman–Crippen MR) is 91.0 cm³/mol. The number of sulfonamides is 1.